The van der Waals surface area contributed by atoms with Crippen LogP contribution in [0.25, 0.3) is 0 Å². The number of ether oxygens (including phenoxy) is 1. The average Bonchev–Trinajstić information content (AvgIpc) is 2.79. The smallest absolute Gasteiger partial charge is 0.123 e. The highest BCUT2D eigenvalue weighted by Gasteiger charge is 2.06. The number of hydrogen-bond acceptors (Lipinski definition) is 3. The van der Waals surface area contributed by atoms with Gasteiger partial charge in [-0.05, 0) is 12.5 Å². The van der Waals surface area contributed by atoms with Crippen molar-refractivity contribution in [3.05, 3.63) is 47.3 Å². The van der Waals surface area contributed by atoms with E-state index in [9.17, 15) is 0 Å². The zero-order valence-corrected chi connectivity index (χ0v) is 11.8. The molecule has 0 bridgehead atoms. The van der Waals surface area contributed by atoms with Crippen molar-refractivity contribution in [1.29, 1.82) is 0 Å². The maximum absolute atomic E-state index is 5.34. The first-order valence-electron chi connectivity index (χ1n) is 6.58. The lowest BCUT2D eigenvalue weighted by atomic mass is 10.2. The molecule has 2 rings (SSSR count). The number of nitrogens with zero attached hydrogens (tertiary/aromatic N) is 2. The van der Waals surface area contributed by atoms with Gasteiger partial charge in [-0.15, -0.1) is 0 Å². The van der Waals surface area contributed by atoms with Crippen LogP contribution < -0.4 is 10.1 Å². The highest BCUT2D eigenvalue weighted by molar-refractivity contribution is 5.33. The van der Waals surface area contributed by atoms with Crippen molar-refractivity contribution in [2.24, 2.45) is 7.05 Å². The standard InChI is InChI=1S/C15H21N3O/c1-4-14-13(11-18(2)17-14)10-16-9-12-7-5-6-8-15(12)19-3/h5-8,11,16H,4,9-10H2,1-3H3. The molecule has 19 heavy (non-hydrogen) atoms. The Morgan fingerprint density at radius 2 is 1.95 bits per heavy atom. The second kappa shape index (κ2) is 6.38. The van der Waals surface area contributed by atoms with Gasteiger partial charge < -0.3 is 10.1 Å². The van der Waals surface area contributed by atoms with Crippen LogP contribution in [0.4, 0.5) is 0 Å². The van der Waals surface area contributed by atoms with Gasteiger partial charge in [0.15, 0.2) is 0 Å². The normalized spacial score (nSPS) is 10.7. The van der Waals surface area contributed by atoms with Crippen molar-refractivity contribution in [3.8, 4) is 5.75 Å². The second-order valence-corrected chi connectivity index (χ2v) is 4.54. The van der Waals surface area contributed by atoms with Crippen molar-refractivity contribution in [2.45, 2.75) is 26.4 Å². The van der Waals surface area contributed by atoms with E-state index in [-0.39, 0.29) is 0 Å². The molecule has 0 saturated heterocycles. The van der Waals surface area contributed by atoms with Crippen molar-refractivity contribution in [3.63, 3.8) is 0 Å². The molecule has 102 valence electrons. The molecule has 0 fully saturated rings. The van der Waals surface area contributed by atoms with Crippen LogP contribution >= 0.6 is 0 Å². The fraction of sp³-hybridized carbons (Fsp3) is 0.400. The van der Waals surface area contributed by atoms with E-state index >= 15 is 0 Å². The van der Waals surface area contributed by atoms with Gasteiger partial charge in [0.05, 0.1) is 12.8 Å². The van der Waals surface area contributed by atoms with Gasteiger partial charge in [-0.1, -0.05) is 25.1 Å². The molecule has 0 aliphatic carbocycles. The molecule has 0 aliphatic rings. The fourth-order valence-corrected chi connectivity index (χ4v) is 2.21. The lowest BCUT2D eigenvalue weighted by Gasteiger charge is -2.09. The van der Waals surface area contributed by atoms with Gasteiger partial charge in [0.1, 0.15) is 5.75 Å². The number of aromatic nitrogens is 2. The molecule has 2 aromatic rings. The Morgan fingerprint density at radius 3 is 2.68 bits per heavy atom. The van der Waals surface area contributed by atoms with Crippen LogP contribution in [-0.2, 0) is 26.6 Å². The molecule has 0 unspecified atom stereocenters. The molecule has 1 heterocycles. The van der Waals surface area contributed by atoms with Crippen molar-refractivity contribution in [1.82, 2.24) is 15.1 Å². The highest BCUT2D eigenvalue weighted by Crippen LogP contribution is 2.17. The number of hydrogen-bond donors (Lipinski definition) is 1. The van der Waals surface area contributed by atoms with Gasteiger partial charge in [-0.25, -0.2) is 0 Å². The Bertz CT molecular complexity index is 534. The number of aryl methyl sites for hydroxylation is 2. The lowest BCUT2D eigenvalue weighted by Crippen LogP contribution is -2.14. The Morgan fingerprint density at radius 1 is 1.21 bits per heavy atom. The zero-order valence-electron chi connectivity index (χ0n) is 11.8. The number of methoxy groups -OCH3 is 1. The van der Waals surface area contributed by atoms with Gasteiger partial charge in [-0.2, -0.15) is 5.10 Å². The van der Waals surface area contributed by atoms with E-state index in [1.807, 2.05) is 29.9 Å². The highest BCUT2D eigenvalue weighted by atomic mass is 16.5. The van der Waals surface area contributed by atoms with E-state index in [0.717, 1.165) is 31.0 Å². The van der Waals surface area contributed by atoms with Crippen molar-refractivity contribution < 1.29 is 4.74 Å². The Balaban J connectivity index is 1.96. The van der Waals surface area contributed by atoms with E-state index in [0.29, 0.717) is 0 Å². The lowest BCUT2D eigenvalue weighted by molar-refractivity contribution is 0.407. The molecule has 1 N–H and O–H groups in total. The van der Waals surface area contributed by atoms with Gasteiger partial charge in [0.25, 0.3) is 0 Å². The van der Waals surface area contributed by atoms with Crippen molar-refractivity contribution >= 4 is 0 Å². The minimum atomic E-state index is 0.794. The van der Waals surface area contributed by atoms with Crippen LogP contribution in [0.15, 0.2) is 30.5 Å². The summed E-state index contributed by atoms with van der Waals surface area (Å²) in [5.74, 6) is 0.928. The Labute approximate surface area is 114 Å². The molecule has 4 heteroatoms. The quantitative estimate of drug-likeness (QED) is 0.865. The summed E-state index contributed by atoms with van der Waals surface area (Å²) < 4.78 is 7.21. The van der Waals surface area contributed by atoms with Crippen LogP contribution in [0, 0.1) is 0 Å². The maximum atomic E-state index is 5.34. The van der Waals surface area contributed by atoms with Crippen molar-refractivity contribution in [2.75, 3.05) is 7.11 Å². The summed E-state index contributed by atoms with van der Waals surface area (Å²) in [5.41, 5.74) is 3.60. The maximum Gasteiger partial charge on any atom is 0.123 e. The molecule has 0 amide bonds. The Hall–Kier alpha value is -1.81. The van der Waals surface area contributed by atoms with Crippen LogP contribution in [0.3, 0.4) is 0 Å². The molecule has 0 atom stereocenters. The summed E-state index contributed by atoms with van der Waals surface area (Å²) in [4.78, 5) is 0. The first-order chi connectivity index (χ1) is 9.24. The van der Waals surface area contributed by atoms with Gasteiger partial charge in [-0.3, -0.25) is 4.68 Å². The number of para-hydroxylation sites is 1. The summed E-state index contributed by atoms with van der Waals surface area (Å²) in [5, 5.41) is 7.89. The zero-order chi connectivity index (χ0) is 13.7. The monoisotopic (exact) mass is 259 g/mol. The second-order valence-electron chi connectivity index (χ2n) is 4.54. The Kier molecular flexibility index (Phi) is 4.58. The first-order valence-corrected chi connectivity index (χ1v) is 6.58. The van der Waals surface area contributed by atoms with Gasteiger partial charge >= 0.3 is 0 Å². The summed E-state index contributed by atoms with van der Waals surface area (Å²) in [6.45, 7) is 3.75. The molecule has 4 nitrogen and oxygen atoms in total. The number of rotatable bonds is 6. The third-order valence-corrected chi connectivity index (χ3v) is 3.15. The first kappa shape index (κ1) is 13.6. The van der Waals surface area contributed by atoms with E-state index < -0.39 is 0 Å². The topological polar surface area (TPSA) is 39.1 Å². The van der Waals surface area contributed by atoms with Crippen LogP contribution in [-0.4, -0.2) is 16.9 Å². The fourth-order valence-electron chi connectivity index (χ4n) is 2.21. The summed E-state index contributed by atoms with van der Waals surface area (Å²) >= 11 is 0. The summed E-state index contributed by atoms with van der Waals surface area (Å²) in [6.07, 6.45) is 3.04. The molecular weight excluding hydrogens is 238 g/mol. The van der Waals surface area contributed by atoms with Crippen LogP contribution in [0.5, 0.6) is 5.75 Å². The minimum absolute atomic E-state index is 0.794. The van der Waals surface area contributed by atoms with E-state index in [4.69, 9.17) is 4.74 Å². The molecule has 0 aliphatic heterocycles. The van der Waals surface area contributed by atoms with E-state index in [1.54, 1.807) is 7.11 Å². The molecule has 1 aromatic heterocycles. The van der Waals surface area contributed by atoms with E-state index in [2.05, 4.69) is 29.6 Å². The molecule has 0 saturated carbocycles. The summed E-state index contributed by atoms with van der Waals surface area (Å²) in [7, 11) is 3.66. The number of nitrogens with one attached hydrogen (secondary N) is 1. The van der Waals surface area contributed by atoms with Gasteiger partial charge in [0, 0.05) is 37.5 Å². The predicted molar refractivity (Wildman–Crippen MR) is 76.1 cm³/mol. The minimum Gasteiger partial charge on any atom is -0.496 e. The number of benzene rings is 1. The average molecular weight is 259 g/mol. The SMILES string of the molecule is CCc1nn(C)cc1CNCc1ccccc1OC. The third kappa shape index (κ3) is 3.35. The van der Waals surface area contributed by atoms with Crippen LogP contribution in [0.2, 0.25) is 0 Å². The molecular formula is C15H21N3O. The van der Waals surface area contributed by atoms with Crippen LogP contribution in [0.1, 0.15) is 23.7 Å². The summed E-state index contributed by atoms with van der Waals surface area (Å²) in [6, 6.07) is 8.08. The molecule has 0 radical (unpaired) electrons. The molecule has 0 spiro atoms. The van der Waals surface area contributed by atoms with E-state index in [1.165, 1.54) is 11.1 Å². The van der Waals surface area contributed by atoms with Gasteiger partial charge in [0.2, 0.25) is 0 Å². The largest absolute Gasteiger partial charge is 0.496 e. The molecule has 1 aromatic carbocycles. The predicted octanol–water partition coefficient (Wildman–Crippen LogP) is 2.28. The third-order valence-electron chi connectivity index (χ3n) is 3.15.